The second-order valence-corrected chi connectivity index (χ2v) is 17.8. The molecule has 6 N–H and O–H groups in total. The van der Waals surface area contributed by atoms with Crippen LogP contribution >= 0.6 is 10.3 Å². The molecule has 11 heteroatoms. The van der Waals surface area contributed by atoms with Crippen molar-refractivity contribution in [2.75, 3.05) is 12.3 Å². The fourth-order valence-electron chi connectivity index (χ4n) is 5.69. The Hall–Kier alpha value is -2.92. The number of carbonyl (C=O) groups excluding carboxylic acids is 5. The van der Waals surface area contributed by atoms with Gasteiger partial charge in [0.25, 0.3) is 0 Å². The molecular weight excluding hydrogens is 568 g/mol. The fourth-order valence-corrected chi connectivity index (χ4v) is 8.85. The average Bonchev–Trinajstić information content (AvgIpc) is 3.40. The SMILES string of the molecule is CC1C(C)C1(NC(=O)CS(O)(C(C)(C)C)C(C)(C)C)C(=O)NCCC(=O)N[C@@H](Cc1ccccc1)C(=O)CCCC(N)=O. The van der Waals surface area contributed by atoms with Gasteiger partial charge in [0.15, 0.2) is 5.78 Å². The summed E-state index contributed by atoms with van der Waals surface area (Å²) in [5.41, 5.74) is 4.96. The standard InChI is InChI=1S/C32H52N4O6S/c1-21-22(2)32(21,36-28(40)20-43(42,30(3,4)5)31(6,7)8)29(41)34-18-17-27(39)35-24(19-23-13-10-9-11-14-23)25(37)15-12-16-26(33)38/h9-11,13-14,21-22,24,42H,12,15-20H2,1-8H3,(H2,33,38)(H,34,41)(H,35,39)(H,36,40)/t21?,22?,24-,32?/m0/s1. The zero-order valence-electron chi connectivity index (χ0n) is 27.0. The summed E-state index contributed by atoms with van der Waals surface area (Å²) in [5.74, 6) is -2.14. The maximum atomic E-state index is 13.4. The summed E-state index contributed by atoms with van der Waals surface area (Å²) in [6, 6.07) is 8.52. The zero-order chi connectivity index (χ0) is 32.8. The summed E-state index contributed by atoms with van der Waals surface area (Å²) in [7, 11) is -2.40. The predicted octanol–water partition coefficient (Wildman–Crippen LogP) is 3.46. The van der Waals surface area contributed by atoms with E-state index in [1.165, 1.54) is 0 Å². The molecule has 43 heavy (non-hydrogen) atoms. The van der Waals surface area contributed by atoms with Crippen LogP contribution in [0.2, 0.25) is 0 Å². The van der Waals surface area contributed by atoms with Crippen molar-refractivity contribution in [2.45, 2.75) is 109 Å². The molecule has 0 saturated heterocycles. The first-order valence-electron chi connectivity index (χ1n) is 15.0. The van der Waals surface area contributed by atoms with E-state index in [1.807, 2.05) is 85.7 Å². The Labute approximate surface area is 258 Å². The average molecular weight is 621 g/mol. The summed E-state index contributed by atoms with van der Waals surface area (Å²) in [4.78, 5) is 63.5. The highest BCUT2D eigenvalue weighted by atomic mass is 32.3. The number of hydrogen-bond acceptors (Lipinski definition) is 6. The summed E-state index contributed by atoms with van der Waals surface area (Å²) < 4.78 is 10.6. The molecule has 242 valence electrons. The molecule has 0 aliphatic heterocycles. The molecule has 0 aromatic heterocycles. The van der Waals surface area contributed by atoms with Gasteiger partial charge in [-0.1, -0.05) is 85.7 Å². The van der Waals surface area contributed by atoms with Crippen LogP contribution in [0.25, 0.3) is 0 Å². The lowest BCUT2D eigenvalue weighted by molar-refractivity contribution is -0.130. The van der Waals surface area contributed by atoms with Crippen molar-refractivity contribution < 1.29 is 28.5 Å². The Morgan fingerprint density at radius 2 is 1.47 bits per heavy atom. The molecule has 3 atom stereocenters. The quantitative estimate of drug-likeness (QED) is 0.201. The Balaban J connectivity index is 2.01. The van der Waals surface area contributed by atoms with Crippen LogP contribution in [0.15, 0.2) is 30.3 Å². The minimum Gasteiger partial charge on any atom is -0.370 e. The highest BCUT2D eigenvalue weighted by molar-refractivity contribution is 8.31. The first-order chi connectivity index (χ1) is 19.8. The number of hydrogen-bond donors (Lipinski definition) is 5. The second kappa shape index (κ2) is 14.2. The van der Waals surface area contributed by atoms with E-state index in [0.29, 0.717) is 12.8 Å². The van der Waals surface area contributed by atoms with E-state index in [2.05, 4.69) is 16.0 Å². The van der Waals surface area contributed by atoms with Gasteiger partial charge in [-0.2, -0.15) is 0 Å². The van der Waals surface area contributed by atoms with Gasteiger partial charge < -0.3 is 26.2 Å². The zero-order valence-corrected chi connectivity index (χ0v) is 27.9. The maximum absolute atomic E-state index is 13.4. The minimum absolute atomic E-state index is 0.0226. The molecule has 1 aliphatic rings. The Morgan fingerprint density at radius 1 is 0.907 bits per heavy atom. The Morgan fingerprint density at radius 3 is 1.95 bits per heavy atom. The molecule has 0 spiro atoms. The third-order valence-corrected chi connectivity index (χ3v) is 13.4. The van der Waals surface area contributed by atoms with Crippen LogP contribution in [0, 0.1) is 11.8 Å². The molecule has 10 nitrogen and oxygen atoms in total. The van der Waals surface area contributed by atoms with Crippen LogP contribution in [-0.2, 0) is 30.4 Å². The summed E-state index contributed by atoms with van der Waals surface area (Å²) in [6.45, 7) is 15.4. The molecular formula is C32H52N4O6S. The van der Waals surface area contributed by atoms with Crippen LogP contribution in [-0.4, -0.2) is 67.3 Å². The van der Waals surface area contributed by atoms with Crippen LogP contribution < -0.4 is 21.7 Å². The van der Waals surface area contributed by atoms with Crippen LogP contribution in [0.3, 0.4) is 0 Å². The summed E-state index contributed by atoms with van der Waals surface area (Å²) in [6.07, 6.45) is 0.745. The normalized spacial score (nSPS) is 21.3. The number of nitrogens with one attached hydrogen (secondary N) is 3. The molecule has 2 unspecified atom stereocenters. The fraction of sp³-hybridized carbons (Fsp3) is 0.656. The number of carbonyl (C=O) groups is 5. The molecule has 0 heterocycles. The topological polar surface area (TPSA) is 168 Å². The van der Waals surface area contributed by atoms with Gasteiger partial charge in [-0.15, -0.1) is 10.3 Å². The van der Waals surface area contributed by atoms with Crippen molar-refractivity contribution in [3.63, 3.8) is 0 Å². The van der Waals surface area contributed by atoms with Gasteiger partial charge in [-0.05, 0) is 30.2 Å². The molecule has 4 amide bonds. The summed E-state index contributed by atoms with van der Waals surface area (Å²) >= 11 is 0. The highest BCUT2D eigenvalue weighted by Gasteiger charge is 2.65. The number of primary amides is 1. The Bertz CT molecular complexity index is 1150. The number of Topliss-reactive ketones (excluding diaryl/α,β-unsaturated/α-hetero) is 1. The lowest BCUT2D eigenvalue weighted by atomic mass is 9.98. The van der Waals surface area contributed by atoms with E-state index < -0.39 is 43.2 Å². The molecule has 2 rings (SSSR count). The monoisotopic (exact) mass is 620 g/mol. The highest BCUT2D eigenvalue weighted by Crippen LogP contribution is 2.64. The van der Waals surface area contributed by atoms with Crippen molar-refractivity contribution in [1.82, 2.24) is 16.0 Å². The van der Waals surface area contributed by atoms with E-state index >= 15 is 0 Å². The van der Waals surface area contributed by atoms with E-state index in [4.69, 9.17) is 5.73 Å². The van der Waals surface area contributed by atoms with E-state index in [9.17, 15) is 28.5 Å². The molecule has 0 radical (unpaired) electrons. The van der Waals surface area contributed by atoms with Crippen molar-refractivity contribution in [3.8, 4) is 0 Å². The van der Waals surface area contributed by atoms with Gasteiger partial charge >= 0.3 is 0 Å². The van der Waals surface area contributed by atoms with Crippen LogP contribution in [0.5, 0.6) is 0 Å². The number of amides is 4. The van der Waals surface area contributed by atoms with Gasteiger partial charge in [0, 0.05) is 35.3 Å². The first-order valence-corrected chi connectivity index (χ1v) is 16.8. The van der Waals surface area contributed by atoms with Crippen LogP contribution in [0.1, 0.15) is 86.6 Å². The lowest BCUT2D eigenvalue weighted by Crippen LogP contribution is -2.54. The largest absolute Gasteiger partial charge is 0.370 e. The van der Waals surface area contributed by atoms with E-state index in [1.54, 1.807) is 0 Å². The molecule has 1 aromatic rings. The third-order valence-electron chi connectivity index (χ3n) is 8.66. The van der Waals surface area contributed by atoms with Crippen molar-refractivity contribution >= 4 is 39.7 Å². The van der Waals surface area contributed by atoms with Gasteiger partial charge in [-0.25, -0.2) is 0 Å². The van der Waals surface area contributed by atoms with Gasteiger partial charge in [0.05, 0.1) is 11.8 Å². The molecule has 1 aliphatic carbocycles. The first kappa shape index (κ1) is 36.3. The number of rotatable bonds is 15. The van der Waals surface area contributed by atoms with Gasteiger partial charge in [-0.3, -0.25) is 24.0 Å². The number of nitrogens with two attached hydrogens (primary N) is 1. The van der Waals surface area contributed by atoms with E-state index in [0.717, 1.165) is 5.56 Å². The summed E-state index contributed by atoms with van der Waals surface area (Å²) in [5, 5.41) is 8.52. The van der Waals surface area contributed by atoms with E-state index in [-0.39, 0.29) is 61.0 Å². The smallest absolute Gasteiger partial charge is 0.246 e. The predicted molar refractivity (Wildman–Crippen MR) is 172 cm³/mol. The molecule has 1 aromatic carbocycles. The van der Waals surface area contributed by atoms with Gasteiger partial charge in [0.1, 0.15) is 5.54 Å². The lowest BCUT2D eigenvalue weighted by Gasteiger charge is -2.54. The second-order valence-electron chi connectivity index (χ2n) is 13.7. The van der Waals surface area contributed by atoms with Crippen molar-refractivity contribution in [1.29, 1.82) is 0 Å². The molecule has 0 bridgehead atoms. The molecule has 1 saturated carbocycles. The van der Waals surface area contributed by atoms with Crippen LogP contribution in [0.4, 0.5) is 0 Å². The van der Waals surface area contributed by atoms with Gasteiger partial charge in [0.2, 0.25) is 23.6 Å². The van der Waals surface area contributed by atoms with Crippen molar-refractivity contribution in [3.05, 3.63) is 35.9 Å². The van der Waals surface area contributed by atoms with Crippen molar-refractivity contribution in [2.24, 2.45) is 17.6 Å². The minimum atomic E-state index is -2.40. The molecule has 1 fully saturated rings. The Kier molecular flexibility index (Phi) is 12.0. The third kappa shape index (κ3) is 9.04. The number of ketones is 1. The number of benzene rings is 1. The maximum Gasteiger partial charge on any atom is 0.246 e.